The number of nitrogens with zero attached hydrogens (tertiary/aromatic N) is 1. The molecule has 0 aliphatic heterocycles. The van der Waals surface area contributed by atoms with Crippen molar-refractivity contribution in [2.45, 2.75) is 0 Å². The van der Waals surface area contributed by atoms with Crippen molar-refractivity contribution in [1.82, 2.24) is 0 Å². The Labute approximate surface area is 59.8 Å². The van der Waals surface area contributed by atoms with Gasteiger partial charge in [-0.1, -0.05) is 19.2 Å². The van der Waals surface area contributed by atoms with E-state index < -0.39 is 0 Å². The van der Waals surface area contributed by atoms with E-state index in [1.807, 2.05) is 0 Å². The number of nitrogens with one attached hydrogen (secondary N) is 2. The van der Waals surface area contributed by atoms with Gasteiger partial charge in [-0.3, -0.25) is 0 Å². The Balaban J connectivity index is 4.49. The Morgan fingerprint density at radius 3 is 2.20 bits per heavy atom. The van der Waals surface area contributed by atoms with Crippen molar-refractivity contribution in [3.05, 3.63) is 37.1 Å². The molecule has 0 bridgehead atoms. The van der Waals surface area contributed by atoms with Crippen LogP contribution < -0.4 is 0 Å². The van der Waals surface area contributed by atoms with Gasteiger partial charge < -0.3 is 5.41 Å². The first-order valence-corrected chi connectivity index (χ1v) is 2.66. The first-order valence-electron chi connectivity index (χ1n) is 2.66. The summed E-state index contributed by atoms with van der Waals surface area (Å²) in [6, 6.07) is 0. The normalized spacial score (nSPS) is 10.2. The van der Waals surface area contributed by atoms with Crippen LogP contribution >= 0.6 is 0 Å². The van der Waals surface area contributed by atoms with Gasteiger partial charge in [0.1, 0.15) is 0 Å². The van der Waals surface area contributed by atoms with Crippen LogP contribution in [0, 0.1) is 10.9 Å². The average Bonchev–Trinajstić information content (AvgIpc) is 1.99. The monoisotopic (exact) mass is 135 g/mol. The fourth-order valence-corrected chi connectivity index (χ4v) is 0.420. The van der Waals surface area contributed by atoms with Crippen molar-refractivity contribution in [2.24, 2.45) is 5.11 Å². The lowest BCUT2D eigenvalue weighted by Crippen LogP contribution is -1.91. The Bertz CT molecular complexity index is 201. The Morgan fingerprint density at radius 2 is 1.90 bits per heavy atom. The second-order valence-corrected chi connectivity index (χ2v) is 1.54. The third-order valence-electron chi connectivity index (χ3n) is 0.939. The topological polar surface area (TPSA) is 60.1 Å². The van der Waals surface area contributed by atoms with Gasteiger partial charge >= 0.3 is 0 Å². The fourth-order valence-electron chi connectivity index (χ4n) is 0.420. The number of rotatable bonds is 4. The summed E-state index contributed by atoms with van der Waals surface area (Å²) >= 11 is 0. The third kappa shape index (κ3) is 2.17. The van der Waals surface area contributed by atoms with Gasteiger partial charge in [0.15, 0.2) is 0 Å². The fraction of sp³-hybridized carbons (Fsp3) is 0. The van der Waals surface area contributed by atoms with E-state index in [1.54, 1.807) is 0 Å². The van der Waals surface area contributed by atoms with Crippen molar-refractivity contribution in [2.75, 3.05) is 0 Å². The highest BCUT2D eigenvalue weighted by atomic mass is 14.9. The highest BCUT2D eigenvalue weighted by Crippen LogP contribution is 1.98. The first-order chi connectivity index (χ1) is 4.76. The zero-order chi connectivity index (χ0) is 7.98. The lowest BCUT2D eigenvalue weighted by Gasteiger charge is -1.93. The van der Waals surface area contributed by atoms with E-state index in [-0.39, 0.29) is 5.71 Å². The molecule has 0 aromatic heterocycles. The standard InChI is InChI=1S/C7H9N3/c1-3-6(5-10-9)7(8)4-2/h3-5,8-9H,1-2H2/b6-5-,8-7?,10-9?. The molecule has 0 aliphatic carbocycles. The SMILES string of the molecule is C=CC(=N)/C(C=C)=C\N=N. The number of allylic oxidation sites excluding steroid dienone is 3. The lowest BCUT2D eigenvalue weighted by atomic mass is 10.2. The molecule has 0 aliphatic rings. The summed E-state index contributed by atoms with van der Waals surface area (Å²) in [7, 11) is 0. The van der Waals surface area contributed by atoms with Gasteiger partial charge in [-0.05, 0) is 6.08 Å². The van der Waals surface area contributed by atoms with Gasteiger partial charge in [-0.25, -0.2) is 5.53 Å². The minimum atomic E-state index is 0.228. The molecule has 0 rings (SSSR count). The van der Waals surface area contributed by atoms with Gasteiger partial charge in [0, 0.05) is 5.57 Å². The molecule has 2 N–H and O–H groups in total. The van der Waals surface area contributed by atoms with Crippen molar-refractivity contribution in [1.29, 1.82) is 10.9 Å². The Morgan fingerprint density at radius 1 is 1.30 bits per heavy atom. The van der Waals surface area contributed by atoms with Crippen LogP contribution in [-0.2, 0) is 0 Å². The summed E-state index contributed by atoms with van der Waals surface area (Å²) in [6.07, 6.45) is 4.08. The molecule has 0 atom stereocenters. The van der Waals surface area contributed by atoms with Crippen LogP contribution in [0.15, 0.2) is 42.2 Å². The van der Waals surface area contributed by atoms with Crippen molar-refractivity contribution >= 4 is 5.71 Å². The Kier molecular flexibility index (Phi) is 3.72. The molecule has 0 aromatic rings. The minimum Gasteiger partial charge on any atom is -0.300 e. The van der Waals surface area contributed by atoms with Crippen LogP contribution in [0.3, 0.4) is 0 Å². The van der Waals surface area contributed by atoms with Crippen LogP contribution in [-0.4, -0.2) is 5.71 Å². The summed E-state index contributed by atoms with van der Waals surface area (Å²) in [6.45, 7) is 6.84. The maximum absolute atomic E-state index is 7.20. The van der Waals surface area contributed by atoms with Crippen LogP contribution in [0.1, 0.15) is 0 Å². The predicted molar refractivity (Wildman–Crippen MR) is 41.4 cm³/mol. The van der Waals surface area contributed by atoms with Crippen LogP contribution in [0.5, 0.6) is 0 Å². The van der Waals surface area contributed by atoms with Gasteiger partial charge in [-0.15, -0.1) is 0 Å². The highest BCUT2D eigenvalue weighted by molar-refractivity contribution is 6.07. The highest BCUT2D eigenvalue weighted by Gasteiger charge is 1.93. The largest absolute Gasteiger partial charge is 0.300 e. The zero-order valence-corrected chi connectivity index (χ0v) is 5.59. The molecule has 0 unspecified atom stereocenters. The molecule has 3 nitrogen and oxygen atoms in total. The molecule has 0 radical (unpaired) electrons. The summed E-state index contributed by atoms with van der Waals surface area (Å²) in [5.41, 5.74) is 7.21. The molecule has 0 heterocycles. The minimum absolute atomic E-state index is 0.228. The quantitative estimate of drug-likeness (QED) is 0.337. The smallest absolute Gasteiger partial charge is 0.0622 e. The molecule has 0 spiro atoms. The van der Waals surface area contributed by atoms with E-state index in [4.69, 9.17) is 10.9 Å². The molecule has 52 valence electrons. The van der Waals surface area contributed by atoms with Gasteiger partial charge in [0.2, 0.25) is 0 Å². The number of hydrogen-bond acceptors (Lipinski definition) is 3. The summed E-state index contributed by atoms with van der Waals surface area (Å²) in [5.74, 6) is 0. The molecule has 0 aromatic carbocycles. The van der Waals surface area contributed by atoms with E-state index in [2.05, 4.69) is 18.3 Å². The molecule has 0 fully saturated rings. The van der Waals surface area contributed by atoms with Gasteiger partial charge in [0.05, 0.1) is 11.9 Å². The maximum Gasteiger partial charge on any atom is 0.0622 e. The van der Waals surface area contributed by atoms with Gasteiger partial charge in [0.25, 0.3) is 0 Å². The molecular weight excluding hydrogens is 126 g/mol. The average molecular weight is 135 g/mol. The summed E-state index contributed by atoms with van der Waals surface area (Å²) < 4.78 is 0. The molecule has 0 amide bonds. The van der Waals surface area contributed by atoms with E-state index in [1.165, 1.54) is 18.4 Å². The van der Waals surface area contributed by atoms with Crippen molar-refractivity contribution in [3.63, 3.8) is 0 Å². The Hall–Kier alpha value is -1.51. The third-order valence-corrected chi connectivity index (χ3v) is 0.939. The van der Waals surface area contributed by atoms with E-state index in [9.17, 15) is 0 Å². The van der Waals surface area contributed by atoms with Crippen LogP contribution in [0.25, 0.3) is 0 Å². The summed E-state index contributed by atoms with van der Waals surface area (Å²) in [4.78, 5) is 0. The predicted octanol–water partition coefficient (Wildman–Crippen LogP) is 2.29. The number of hydrogen-bond donors (Lipinski definition) is 2. The van der Waals surface area contributed by atoms with Crippen LogP contribution in [0.2, 0.25) is 0 Å². The second-order valence-electron chi connectivity index (χ2n) is 1.54. The lowest BCUT2D eigenvalue weighted by molar-refractivity contribution is 1.14. The van der Waals surface area contributed by atoms with Crippen molar-refractivity contribution < 1.29 is 0 Å². The summed E-state index contributed by atoms with van der Waals surface area (Å²) in [5, 5.41) is 10.2. The van der Waals surface area contributed by atoms with E-state index in [0.717, 1.165) is 0 Å². The molecule has 0 saturated carbocycles. The molecule has 0 saturated heterocycles. The zero-order valence-electron chi connectivity index (χ0n) is 5.59. The van der Waals surface area contributed by atoms with E-state index in [0.29, 0.717) is 5.57 Å². The maximum atomic E-state index is 7.20. The molecule has 3 heteroatoms. The van der Waals surface area contributed by atoms with Gasteiger partial charge in [-0.2, -0.15) is 5.11 Å². The van der Waals surface area contributed by atoms with Crippen molar-refractivity contribution in [3.8, 4) is 0 Å². The van der Waals surface area contributed by atoms with E-state index >= 15 is 0 Å². The first kappa shape index (κ1) is 8.49. The molecular formula is C7H9N3. The van der Waals surface area contributed by atoms with Crippen LogP contribution in [0.4, 0.5) is 0 Å². The second kappa shape index (κ2) is 4.38. The molecule has 10 heavy (non-hydrogen) atoms.